The number of fused-ring (bicyclic) bond motifs is 1. The number of hydrogen-bond donors (Lipinski definition) is 2. The van der Waals surface area contributed by atoms with Gasteiger partial charge in [-0.1, -0.05) is 6.07 Å². The average molecular weight is 329 g/mol. The van der Waals surface area contributed by atoms with E-state index in [4.69, 9.17) is 9.47 Å². The third-order valence-corrected chi connectivity index (χ3v) is 4.87. The van der Waals surface area contributed by atoms with Crippen LogP contribution in [0.1, 0.15) is 36.6 Å². The van der Waals surface area contributed by atoms with Crippen LogP contribution < -0.4 is 14.8 Å². The van der Waals surface area contributed by atoms with Crippen molar-refractivity contribution in [2.45, 2.75) is 44.5 Å². The summed E-state index contributed by atoms with van der Waals surface area (Å²) in [6.45, 7) is 5.33. The Morgan fingerprint density at radius 2 is 2.08 bits per heavy atom. The molecule has 6 heteroatoms. The van der Waals surface area contributed by atoms with E-state index in [9.17, 15) is 5.11 Å². The number of nitrogens with one attached hydrogen (secondary N) is 1. The van der Waals surface area contributed by atoms with Gasteiger partial charge in [-0.3, -0.25) is 4.68 Å². The minimum Gasteiger partial charge on any atom is -0.486 e. The maximum atomic E-state index is 10.1. The van der Waals surface area contributed by atoms with Crippen LogP contribution in [0.2, 0.25) is 0 Å². The van der Waals surface area contributed by atoms with Crippen molar-refractivity contribution in [3.8, 4) is 11.5 Å². The maximum Gasteiger partial charge on any atom is 0.161 e. The second kappa shape index (κ2) is 6.11. The fraction of sp³-hybridized carbons (Fsp3) is 0.500. The zero-order valence-electron chi connectivity index (χ0n) is 14.0. The predicted molar refractivity (Wildman–Crippen MR) is 89.4 cm³/mol. The van der Waals surface area contributed by atoms with Gasteiger partial charge in [0.15, 0.2) is 11.5 Å². The van der Waals surface area contributed by atoms with Crippen molar-refractivity contribution < 1.29 is 14.6 Å². The molecule has 1 saturated carbocycles. The monoisotopic (exact) mass is 329 g/mol. The van der Waals surface area contributed by atoms with Crippen LogP contribution in [0, 0.1) is 6.92 Å². The molecule has 1 aliphatic carbocycles. The third kappa shape index (κ3) is 2.76. The fourth-order valence-electron chi connectivity index (χ4n) is 3.48. The number of benzene rings is 1. The summed E-state index contributed by atoms with van der Waals surface area (Å²) in [5, 5.41) is 18.1. The molecule has 1 aromatic heterocycles. The third-order valence-electron chi connectivity index (χ3n) is 4.87. The van der Waals surface area contributed by atoms with Crippen LogP contribution in [0.4, 0.5) is 0 Å². The van der Waals surface area contributed by atoms with Gasteiger partial charge >= 0.3 is 0 Å². The lowest BCUT2D eigenvalue weighted by molar-refractivity contribution is -0.0111. The average Bonchev–Trinajstić information content (AvgIpc) is 2.99. The quantitative estimate of drug-likeness (QED) is 0.898. The Morgan fingerprint density at radius 3 is 2.79 bits per heavy atom. The minimum absolute atomic E-state index is 0.0154. The van der Waals surface area contributed by atoms with E-state index in [1.807, 2.05) is 36.1 Å². The standard InChI is InChI=1S/C18H23N3O3/c1-11-9-19-21(10-11)18-14(8-15(18)22)20-12(2)13-3-4-16-17(7-13)24-6-5-23-16/h3-4,7,9-10,12,14-15,18,20,22H,5-6,8H2,1-2H3/t12?,14-,15+,18+/m0/s1. The van der Waals surface area contributed by atoms with Crippen LogP contribution in [0.5, 0.6) is 11.5 Å². The molecule has 6 nitrogen and oxygen atoms in total. The summed E-state index contributed by atoms with van der Waals surface area (Å²) < 4.78 is 13.1. The van der Waals surface area contributed by atoms with E-state index in [0.717, 1.165) is 29.0 Å². The summed E-state index contributed by atoms with van der Waals surface area (Å²) in [4.78, 5) is 0. The predicted octanol–water partition coefficient (Wildman–Crippen LogP) is 1.99. The topological polar surface area (TPSA) is 68.5 Å². The Balaban J connectivity index is 1.47. The van der Waals surface area contributed by atoms with Crippen LogP contribution in [0.3, 0.4) is 0 Å². The van der Waals surface area contributed by atoms with Gasteiger partial charge < -0.3 is 19.9 Å². The summed E-state index contributed by atoms with van der Waals surface area (Å²) in [5.41, 5.74) is 2.25. The van der Waals surface area contributed by atoms with Crippen LogP contribution in [-0.4, -0.2) is 40.2 Å². The van der Waals surface area contributed by atoms with Crippen molar-refractivity contribution in [2.75, 3.05) is 13.2 Å². The number of aryl methyl sites for hydroxylation is 1. The Bertz CT molecular complexity index is 730. The molecule has 2 aliphatic rings. The van der Waals surface area contributed by atoms with Crippen LogP contribution >= 0.6 is 0 Å². The van der Waals surface area contributed by atoms with E-state index >= 15 is 0 Å². The number of ether oxygens (including phenoxy) is 2. The molecule has 1 aliphatic heterocycles. The van der Waals surface area contributed by atoms with Gasteiger partial charge in [-0.25, -0.2) is 0 Å². The molecule has 0 spiro atoms. The minimum atomic E-state index is -0.353. The second-order valence-corrected chi connectivity index (χ2v) is 6.69. The lowest BCUT2D eigenvalue weighted by Crippen LogP contribution is -2.55. The molecule has 1 aromatic carbocycles. The van der Waals surface area contributed by atoms with Gasteiger partial charge in [-0.15, -0.1) is 0 Å². The first-order chi connectivity index (χ1) is 11.6. The molecule has 1 fully saturated rings. The smallest absolute Gasteiger partial charge is 0.161 e. The van der Waals surface area contributed by atoms with E-state index in [1.165, 1.54) is 0 Å². The molecule has 2 N–H and O–H groups in total. The maximum absolute atomic E-state index is 10.1. The summed E-state index contributed by atoms with van der Waals surface area (Å²) in [6.07, 6.45) is 4.19. The van der Waals surface area contributed by atoms with E-state index in [1.54, 1.807) is 0 Å². The molecule has 0 bridgehead atoms. The molecule has 0 radical (unpaired) electrons. The first-order valence-electron chi connectivity index (χ1n) is 8.46. The van der Waals surface area contributed by atoms with Gasteiger partial charge in [0, 0.05) is 18.3 Å². The van der Waals surface area contributed by atoms with E-state index < -0.39 is 0 Å². The molecule has 128 valence electrons. The number of nitrogens with zero attached hydrogens (tertiary/aromatic N) is 2. The molecular weight excluding hydrogens is 306 g/mol. The molecule has 2 aromatic rings. The highest BCUT2D eigenvalue weighted by atomic mass is 16.6. The van der Waals surface area contributed by atoms with Crippen LogP contribution in [0.15, 0.2) is 30.6 Å². The lowest BCUT2D eigenvalue weighted by Gasteiger charge is -2.43. The molecule has 4 rings (SSSR count). The zero-order valence-corrected chi connectivity index (χ0v) is 14.0. The summed E-state index contributed by atoms with van der Waals surface area (Å²) in [7, 11) is 0. The molecule has 0 saturated heterocycles. The van der Waals surface area contributed by atoms with Crippen molar-refractivity contribution >= 4 is 0 Å². The van der Waals surface area contributed by atoms with Crippen molar-refractivity contribution in [2.24, 2.45) is 0 Å². The number of rotatable bonds is 4. The molecule has 0 amide bonds. The highest BCUT2D eigenvalue weighted by Gasteiger charge is 2.42. The number of aromatic nitrogens is 2. The van der Waals surface area contributed by atoms with Gasteiger partial charge in [-0.05, 0) is 43.5 Å². The Labute approximate surface area is 141 Å². The number of aliphatic hydroxyl groups excluding tert-OH is 1. The van der Waals surface area contributed by atoms with Crippen molar-refractivity contribution in [3.05, 3.63) is 41.7 Å². The van der Waals surface area contributed by atoms with E-state index in [0.29, 0.717) is 13.2 Å². The summed E-state index contributed by atoms with van der Waals surface area (Å²) >= 11 is 0. The van der Waals surface area contributed by atoms with Gasteiger partial charge in [-0.2, -0.15) is 5.10 Å². The molecule has 2 heterocycles. The lowest BCUT2D eigenvalue weighted by atomic mass is 9.82. The van der Waals surface area contributed by atoms with Crippen molar-refractivity contribution in [1.29, 1.82) is 0 Å². The molecule has 4 atom stereocenters. The number of hydrogen-bond acceptors (Lipinski definition) is 5. The van der Waals surface area contributed by atoms with Gasteiger partial charge in [0.2, 0.25) is 0 Å². The molecule has 24 heavy (non-hydrogen) atoms. The van der Waals surface area contributed by atoms with Crippen molar-refractivity contribution in [3.63, 3.8) is 0 Å². The summed E-state index contributed by atoms with van der Waals surface area (Å²) in [6, 6.07) is 6.39. The van der Waals surface area contributed by atoms with Gasteiger partial charge in [0.25, 0.3) is 0 Å². The first-order valence-corrected chi connectivity index (χ1v) is 8.46. The Morgan fingerprint density at radius 1 is 1.29 bits per heavy atom. The van der Waals surface area contributed by atoms with Crippen LogP contribution in [0.25, 0.3) is 0 Å². The SMILES string of the molecule is Cc1cnn([C@H]2[C@H](O)C[C@@H]2NC(C)c2ccc3c(c2)OCCO3)c1. The number of aliphatic hydroxyl groups is 1. The zero-order chi connectivity index (χ0) is 16.7. The molecular formula is C18H23N3O3. The second-order valence-electron chi connectivity index (χ2n) is 6.69. The van der Waals surface area contributed by atoms with Crippen LogP contribution in [-0.2, 0) is 0 Å². The van der Waals surface area contributed by atoms with Gasteiger partial charge in [0.1, 0.15) is 13.2 Å². The normalized spacial score (nSPS) is 26.7. The summed E-state index contributed by atoms with van der Waals surface area (Å²) in [5.74, 6) is 1.61. The Hall–Kier alpha value is -2.05. The Kier molecular flexibility index (Phi) is 3.94. The molecule has 1 unspecified atom stereocenters. The van der Waals surface area contributed by atoms with Gasteiger partial charge in [0.05, 0.1) is 18.3 Å². The van der Waals surface area contributed by atoms with Crippen molar-refractivity contribution in [1.82, 2.24) is 15.1 Å². The first kappa shape index (κ1) is 15.5. The van der Waals surface area contributed by atoms with E-state index in [2.05, 4.69) is 23.4 Å². The van der Waals surface area contributed by atoms with E-state index in [-0.39, 0.29) is 24.2 Å². The highest BCUT2D eigenvalue weighted by molar-refractivity contribution is 5.44. The fourth-order valence-corrected chi connectivity index (χ4v) is 3.48. The highest BCUT2D eigenvalue weighted by Crippen LogP contribution is 2.36. The largest absolute Gasteiger partial charge is 0.486 e.